The summed E-state index contributed by atoms with van der Waals surface area (Å²) >= 11 is 5.65. The number of anilines is 1. The summed E-state index contributed by atoms with van der Waals surface area (Å²) in [6.07, 6.45) is -0.319. The molecule has 0 aliphatic rings. The molecule has 0 amide bonds. The Labute approximate surface area is 123 Å². The molecule has 1 unspecified atom stereocenters. The van der Waals surface area contributed by atoms with Crippen molar-refractivity contribution in [1.82, 2.24) is 0 Å². The van der Waals surface area contributed by atoms with Crippen LogP contribution < -0.4 is 4.90 Å². The van der Waals surface area contributed by atoms with Gasteiger partial charge in [0.1, 0.15) is 5.82 Å². The van der Waals surface area contributed by atoms with Crippen molar-refractivity contribution < 1.29 is 9.50 Å². The molecular weight excluding hydrogens is 277 g/mol. The molecule has 0 aliphatic carbocycles. The number of nitrogens with zero attached hydrogens (tertiary/aromatic N) is 1. The highest BCUT2D eigenvalue weighted by molar-refractivity contribution is 6.30. The summed E-state index contributed by atoms with van der Waals surface area (Å²) in [7, 11) is 3.89. The molecule has 0 saturated heterocycles. The Hall–Kier alpha value is -1.58. The SMILES string of the molecule is CN(C)c1cccc(C(O)Cc2ccc(Cl)c(F)c2)c1. The van der Waals surface area contributed by atoms with Gasteiger partial charge in [-0.15, -0.1) is 0 Å². The smallest absolute Gasteiger partial charge is 0.142 e. The van der Waals surface area contributed by atoms with E-state index in [0.717, 1.165) is 16.8 Å². The van der Waals surface area contributed by atoms with E-state index >= 15 is 0 Å². The van der Waals surface area contributed by atoms with E-state index in [4.69, 9.17) is 11.6 Å². The molecule has 0 fully saturated rings. The first-order valence-corrected chi connectivity index (χ1v) is 6.74. The molecule has 1 N–H and O–H groups in total. The highest BCUT2D eigenvalue weighted by Crippen LogP contribution is 2.24. The minimum atomic E-state index is -0.671. The average molecular weight is 294 g/mol. The molecule has 0 heterocycles. The third-order valence-electron chi connectivity index (χ3n) is 3.18. The second-order valence-corrected chi connectivity index (χ2v) is 5.36. The van der Waals surface area contributed by atoms with Crippen LogP contribution in [0, 0.1) is 5.82 Å². The Morgan fingerprint density at radius 2 is 1.95 bits per heavy atom. The number of aliphatic hydroxyl groups is 1. The minimum Gasteiger partial charge on any atom is -0.388 e. The molecule has 2 rings (SSSR count). The number of aliphatic hydroxyl groups excluding tert-OH is 1. The van der Waals surface area contributed by atoms with Crippen molar-refractivity contribution in [3.8, 4) is 0 Å². The molecular formula is C16H17ClFNO. The summed E-state index contributed by atoms with van der Waals surface area (Å²) in [5.41, 5.74) is 2.55. The fraction of sp³-hybridized carbons (Fsp3) is 0.250. The lowest BCUT2D eigenvalue weighted by Gasteiger charge is -2.16. The standard InChI is InChI=1S/C16H17ClFNO/c1-19(2)13-5-3-4-12(10-13)16(20)9-11-6-7-14(17)15(18)8-11/h3-8,10,16,20H,9H2,1-2H3. The second-order valence-electron chi connectivity index (χ2n) is 4.96. The molecule has 0 radical (unpaired) electrons. The van der Waals surface area contributed by atoms with Crippen LogP contribution in [-0.4, -0.2) is 19.2 Å². The molecule has 0 aromatic heterocycles. The predicted octanol–water partition coefficient (Wildman–Crippen LogP) is 3.82. The van der Waals surface area contributed by atoms with Crippen molar-refractivity contribution in [1.29, 1.82) is 0 Å². The Balaban J connectivity index is 2.17. The topological polar surface area (TPSA) is 23.5 Å². The maximum atomic E-state index is 13.4. The monoisotopic (exact) mass is 293 g/mol. The zero-order valence-corrected chi connectivity index (χ0v) is 12.2. The van der Waals surface area contributed by atoms with Gasteiger partial charge in [-0.25, -0.2) is 4.39 Å². The van der Waals surface area contributed by atoms with Gasteiger partial charge in [-0.3, -0.25) is 0 Å². The average Bonchev–Trinajstić information content (AvgIpc) is 2.43. The molecule has 20 heavy (non-hydrogen) atoms. The fourth-order valence-electron chi connectivity index (χ4n) is 2.02. The summed E-state index contributed by atoms with van der Waals surface area (Å²) in [4.78, 5) is 1.97. The zero-order valence-electron chi connectivity index (χ0n) is 11.5. The quantitative estimate of drug-likeness (QED) is 0.926. The first-order chi connectivity index (χ1) is 9.47. The molecule has 2 aromatic carbocycles. The third-order valence-corrected chi connectivity index (χ3v) is 3.49. The summed E-state index contributed by atoms with van der Waals surface area (Å²) < 4.78 is 13.4. The molecule has 2 aromatic rings. The Kier molecular flexibility index (Phi) is 4.63. The van der Waals surface area contributed by atoms with E-state index in [-0.39, 0.29) is 5.02 Å². The molecule has 0 aliphatic heterocycles. The van der Waals surface area contributed by atoms with Gasteiger partial charge in [0.25, 0.3) is 0 Å². The molecule has 4 heteroatoms. The van der Waals surface area contributed by atoms with E-state index < -0.39 is 11.9 Å². The van der Waals surface area contributed by atoms with Crippen LogP contribution in [0.3, 0.4) is 0 Å². The largest absolute Gasteiger partial charge is 0.388 e. The number of rotatable bonds is 4. The van der Waals surface area contributed by atoms with Crippen LogP contribution in [-0.2, 0) is 6.42 Å². The van der Waals surface area contributed by atoms with Gasteiger partial charge < -0.3 is 10.0 Å². The van der Waals surface area contributed by atoms with Crippen molar-refractivity contribution in [2.45, 2.75) is 12.5 Å². The van der Waals surface area contributed by atoms with Crippen LogP contribution in [0.1, 0.15) is 17.2 Å². The van der Waals surface area contributed by atoms with Crippen molar-refractivity contribution in [2.75, 3.05) is 19.0 Å². The Bertz CT molecular complexity index is 601. The molecule has 106 valence electrons. The summed E-state index contributed by atoms with van der Waals surface area (Å²) in [5.74, 6) is -0.460. The van der Waals surface area contributed by atoms with Gasteiger partial charge in [-0.1, -0.05) is 29.8 Å². The highest BCUT2D eigenvalue weighted by Gasteiger charge is 2.11. The lowest BCUT2D eigenvalue weighted by molar-refractivity contribution is 0.178. The van der Waals surface area contributed by atoms with Gasteiger partial charge in [0, 0.05) is 26.2 Å². The molecule has 1 atom stereocenters. The zero-order chi connectivity index (χ0) is 14.7. The summed E-state index contributed by atoms with van der Waals surface area (Å²) in [6.45, 7) is 0. The lowest BCUT2D eigenvalue weighted by Crippen LogP contribution is -2.10. The van der Waals surface area contributed by atoms with Gasteiger partial charge in [-0.05, 0) is 35.4 Å². The number of halogens is 2. The maximum Gasteiger partial charge on any atom is 0.142 e. The molecule has 0 bridgehead atoms. The van der Waals surface area contributed by atoms with Crippen LogP contribution in [0.4, 0.5) is 10.1 Å². The van der Waals surface area contributed by atoms with E-state index in [2.05, 4.69) is 0 Å². The Morgan fingerprint density at radius 1 is 1.20 bits per heavy atom. The van der Waals surface area contributed by atoms with E-state index in [0.29, 0.717) is 6.42 Å². The lowest BCUT2D eigenvalue weighted by atomic mass is 10.0. The summed E-state index contributed by atoms with van der Waals surface area (Å²) in [5, 5.41) is 10.4. The predicted molar refractivity (Wildman–Crippen MR) is 80.8 cm³/mol. The van der Waals surface area contributed by atoms with Crippen LogP contribution in [0.15, 0.2) is 42.5 Å². The van der Waals surface area contributed by atoms with E-state index in [1.807, 2.05) is 43.3 Å². The first-order valence-electron chi connectivity index (χ1n) is 6.36. The van der Waals surface area contributed by atoms with Crippen molar-refractivity contribution in [2.24, 2.45) is 0 Å². The van der Waals surface area contributed by atoms with Crippen molar-refractivity contribution in [3.63, 3.8) is 0 Å². The van der Waals surface area contributed by atoms with Crippen LogP contribution in [0.5, 0.6) is 0 Å². The maximum absolute atomic E-state index is 13.4. The fourth-order valence-corrected chi connectivity index (χ4v) is 2.14. The van der Waals surface area contributed by atoms with Crippen molar-refractivity contribution >= 4 is 17.3 Å². The van der Waals surface area contributed by atoms with E-state index in [1.165, 1.54) is 12.1 Å². The number of hydrogen-bond acceptors (Lipinski definition) is 2. The second kappa shape index (κ2) is 6.25. The van der Waals surface area contributed by atoms with Gasteiger partial charge in [0.15, 0.2) is 0 Å². The number of benzene rings is 2. The van der Waals surface area contributed by atoms with E-state index in [1.54, 1.807) is 6.07 Å². The van der Waals surface area contributed by atoms with Crippen LogP contribution >= 0.6 is 11.6 Å². The van der Waals surface area contributed by atoms with Gasteiger partial charge in [0.05, 0.1) is 11.1 Å². The van der Waals surface area contributed by atoms with Crippen LogP contribution in [0.25, 0.3) is 0 Å². The van der Waals surface area contributed by atoms with Gasteiger partial charge >= 0.3 is 0 Å². The molecule has 0 spiro atoms. The van der Waals surface area contributed by atoms with E-state index in [9.17, 15) is 9.50 Å². The van der Waals surface area contributed by atoms with Crippen LogP contribution in [0.2, 0.25) is 5.02 Å². The van der Waals surface area contributed by atoms with Gasteiger partial charge in [0.2, 0.25) is 0 Å². The normalized spacial score (nSPS) is 12.2. The third kappa shape index (κ3) is 3.50. The number of hydrogen-bond donors (Lipinski definition) is 1. The first kappa shape index (κ1) is 14.8. The molecule has 0 saturated carbocycles. The van der Waals surface area contributed by atoms with Crippen molar-refractivity contribution in [3.05, 3.63) is 64.4 Å². The summed E-state index contributed by atoms with van der Waals surface area (Å²) in [6, 6.07) is 12.3. The highest BCUT2D eigenvalue weighted by atomic mass is 35.5. The Morgan fingerprint density at radius 3 is 2.60 bits per heavy atom. The minimum absolute atomic E-state index is 0.0952. The molecule has 2 nitrogen and oxygen atoms in total. The van der Waals surface area contributed by atoms with Gasteiger partial charge in [-0.2, -0.15) is 0 Å².